The maximum absolute atomic E-state index is 12.6. The van der Waals surface area contributed by atoms with Gasteiger partial charge >= 0.3 is 0 Å². The minimum Gasteiger partial charge on any atom is -0.484 e. The molecular formula is C19H15Cl2N3O3. The molecule has 138 valence electrons. The third kappa shape index (κ3) is 3.63. The van der Waals surface area contributed by atoms with Crippen LogP contribution in [-0.4, -0.2) is 22.1 Å². The SMILES string of the molecule is O=C(COc1ccc2nc3n(c(=O)c2c1)CCC3)Nc1cc(Cl)ccc1Cl. The van der Waals surface area contributed by atoms with Gasteiger partial charge in [0.15, 0.2) is 6.61 Å². The minimum atomic E-state index is -0.386. The van der Waals surface area contributed by atoms with Crippen LogP contribution in [0.4, 0.5) is 5.69 Å². The zero-order chi connectivity index (χ0) is 19.0. The number of fused-ring (bicyclic) bond motifs is 2. The van der Waals surface area contributed by atoms with Crippen molar-refractivity contribution < 1.29 is 9.53 Å². The van der Waals surface area contributed by atoms with Crippen molar-refractivity contribution in [2.75, 3.05) is 11.9 Å². The lowest BCUT2D eigenvalue weighted by Gasteiger charge is -2.10. The lowest BCUT2D eigenvalue weighted by Crippen LogP contribution is -2.22. The normalized spacial score (nSPS) is 12.8. The predicted octanol–water partition coefficient (Wildman–Crippen LogP) is 3.67. The van der Waals surface area contributed by atoms with Crippen LogP contribution < -0.4 is 15.6 Å². The molecule has 8 heteroatoms. The fraction of sp³-hybridized carbons (Fsp3) is 0.211. The smallest absolute Gasteiger partial charge is 0.262 e. The average Bonchev–Trinajstić information content (AvgIpc) is 3.12. The summed E-state index contributed by atoms with van der Waals surface area (Å²) < 4.78 is 7.22. The van der Waals surface area contributed by atoms with Gasteiger partial charge in [0.2, 0.25) is 0 Å². The van der Waals surface area contributed by atoms with Gasteiger partial charge in [-0.05, 0) is 42.8 Å². The summed E-state index contributed by atoms with van der Waals surface area (Å²) in [5, 5.41) is 3.97. The summed E-state index contributed by atoms with van der Waals surface area (Å²) >= 11 is 11.9. The van der Waals surface area contributed by atoms with E-state index in [2.05, 4.69) is 10.3 Å². The van der Waals surface area contributed by atoms with Crippen LogP contribution in [0.25, 0.3) is 10.9 Å². The monoisotopic (exact) mass is 403 g/mol. The van der Waals surface area contributed by atoms with E-state index in [0.717, 1.165) is 18.7 Å². The molecule has 0 saturated heterocycles. The van der Waals surface area contributed by atoms with Gasteiger partial charge in [-0.3, -0.25) is 14.2 Å². The number of nitrogens with zero attached hydrogens (tertiary/aromatic N) is 2. The summed E-state index contributed by atoms with van der Waals surface area (Å²) in [7, 11) is 0. The second-order valence-corrected chi connectivity index (χ2v) is 7.07. The molecule has 0 atom stereocenters. The number of aromatic nitrogens is 2. The largest absolute Gasteiger partial charge is 0.484 e. The van der Waals surface area contributed by atoms with Gasteiger partial charge in [0.25, 0.3) is 11.5 Å². The number of nitrogens with one attached hydrogen (secondary N) is 1. The second-order valence-electron chi connectivity index (χ2n) is 6.23. The number of rotatable bonds is 4. The van der Waals surface area contributed by atoms with Gasteiger partial charge in [-0.15, -0.1) is 0 Å². The quantitative estimate of drug-likeness (QED) is 0.720. The molecule has 1 aromatic heterocycles. The van der Waals surface area contributed by atoms with E-state index < -0.39 is 0 Å². The molecule has 1 aliphatic heterocycles. The molecule has 6 nitrogen and oxygen atoms in total. The molecule has 1 amide bonds. The number of hydrogen-bond donors (Lipinski definition) is 1. The van der Waals surface area contributed by atoms with Crippen molar-refractivity contribution in [2.45, 2.75) is 19.4 Å². The number of carbonyl (C=O) groups excluding carboxylic acids is 1. The number of carbonyl (C=O) groups is 1. The molecule has 1 N–H and O–H groups in total. The van der Waals surface area contributed by atoms with E-state index in [4.69, 9.17) is 27.9 Å². The van der Waals surface area contributed by atoms with E-state index in [0.29, 0.717) is 38.9 Å². The van der Waals surface area contributed by atoms with Crippen LogP contribution in [0.15, 0.2) is 41.2 Å². The number of hydrogen-bond acceptors (Lipinski definition) is 4. The van der Waals surface area contributed by atoms with Gasteiger partial charge in [-0.25, -0.2) is 4.98 Å². The topological polar surface area (TPSA) is 73.2 Å². The Balaban J connectivity index is 1.50. The Bertz CT molecular complexity index is 1110. The van der Waals surface area contributed by atoms with Gasteiger partial charge in [0, 0.05) is 18.0 Å². The van der Waals surface area contributed by atoms with Crippen LogP contribution >= 0.6 is 23.2 Å². The van der Waals surface area contributed by atoms with E-state index in [-0.39, 0.29) is 18.1 Å². The molecule has 0 saturated carbocycles. The molecule has 0 aliphatic carbocycles. The fourth-order valence-electron chi connectivity index (χ4n) is 3.08. The van der Waals surface area contributed by atoms with Gasteiger partial charge in [-0.1, -0.05) is 23.2 Å². The number of ether oxygens (including phenoxy) is 1. The van der Waals surface area contributed by atoms with Crippen molar-refractivity contribution in [3.8, 4) is 5.75 Å². The standard InChI is InChI=1S/C19H15Cl2N3O3/c20-11-3-5-14(21)16(8-11)23-18(25)10-27-12-4-6-15-13(9-12)19(26)24-7-1-2-17(24)22-15/h3-6,8-9H,1-2,7,10H2,(H,23,25). The Morgan fingerprint density at radius 3 is 2.93 bits per heavy atom. The van der Waals surface area contributed by atoms with Gasteiger partial charge in [0.1, 0.15) is 11.6 Å². The molecule has 4 rings (SSSR count). The van der Waals surface area contributed by atoms with E-state index in [1.54, 1.807) is 41.0 Å². The zero-order valence-corrected chi connectivity index (χ0v) is 15.7. The highest BCUT2D eigenvalue weighted by atomic mass is 35.5. The van der Waals surface area contributed by atoms with E-state index in [1.807, 2.05) is 0 Å². The van der Waals surface area contributed by atoms with Crippen LogP contribution in [-0.2, 0) is 17.8 Å². The molecule has 3 aromatic rings. The summed E-state index contributed by atoms with van der Waals surface area (Å²) in [5.41, 5.74) is 0.970. The Morgan fingerprint density at radius 1 is 1.22 bits per heavy atom. The van der Waals surface area contributed by atoms with Gasteiger partial charge < -0.3 is 10.1 Å². The van der Waals surface area contributed by atoms with Crippen LogP contribution in [0.3, 0.4) is 0 Å². The van der Waals surface area contributed by atoms with Gasteiger partial charge in [0.05, 0.1) is 21.6 Å². The van der Waals surface area contributed by atoms with Crippen molar-refractivity contribution >= 4 is 45.7 Å². The van der Waals surface area contributed by atoms with Crippen LogP contribution in [0.1, 0.15) is 12.2 Å². The number of halogens is 2. The van der Waals surface area contributed by atoms with Gasteiger partial charge in [-0.2, -0.15) is 0 Å². The summed E-state index contributed by atoms with van der Waals surface area (Å²) in [6.45, 7) is 0.457. The molecule has 0 bridgehead atoms. The molecule has 0 fully saturated rings. The highest BCUT2D eigenvalue weighted by molar-refractivity contribution is 6.35. The molecule has 0 radical (unpaired) electrons. The number of aryl methyl sites for hydroxylation is 1. The third-order valence-electron chi connectivity index (χ3n) is 4.36. The van der Waals surface area contributed by atoms with Crippen molar-refractivity contribution in [3.05, 3.63) is 62.6 Å². The number of benzene rings is 2. The molecule has 2 aromatic carbocycles. The molecular weight excluding hydrogens is 389 g/mol. The van der Waals surface area contributed by atoms with Crippen molar-refractivity contribution in [3.63, 3.8) is 0 Å². The Labute approximate surface area is 164 Å². The lowest BCUT2D eigenvalue weighted by molar-refractivity contribution is -0.118. The Kier molecular flexibility index (Phi) is 4.76. The molecule has 27 heavy (non-hydrogen) atoms. The first-order chi connectivity index (χ1) is 13.0. The summed E-state index contributed by atoms with van der Waals surface area (Å²) in [6, 6.07) is 9.84. The van der Waals surface area contributed by atoms with Crippen LogP contribution in [0.5, 0.6) is 5.75 Å². The minimum absolute atomic E-state index is 0.0758. The maximum Gasteiger partial charge on any atom is 0.262 e. The summed E-state index contributed by atoms with van der Waals surface area (Å²) in [5.74, 6) is 0.856. The first kappa shape index (κ1) is 17.8. The zero-order valence-electron chi connectivity index (χ0n) is 14.2. The second kappa shape index (κ2) is 7.21. The first-order valence-electron chi connectivity index (χ1n) is 8.42. The third-order valence-corrected chi connectivity index (χ3v) is 4.92. The summed E-state index contributed by atoms with van der Waals surface area (Å²) in [6.07, 6.45) is 1.74. The lowest BCUT2D eigenvalue weighted by atomic mass is 10.2. The van der Waals surface area contributed by atoms with E-state index in [1.165, 1.54) is 0 Å². The molecule has 1 aliphatic rings. The van der Waals surface area contributed by atoms with Crippen molar-refractivity contribution in [1.29, 1.82) is 0 Å². The Hall–Kier alpha value is -2.57. The molecule has 0 unspecified atom stereocenters. The number of anilines is 1. The van der Waals surface area contributed by atoms with E-state index in [9.17, 15) is 9.59 Å². The fourth-order valence-corrected chi connectivity index (χ4v) is 3.42. The highest BCUT2D eigenvalue weighted by Gasteiger charge is 2.16. The molecule has 2 heterocycles. The maximum atomic E-state index is 12.6. The van der Waals surface area contributed by atoms with Crippen molar-refractivity contribution in [2.24, 2.45) is 0 Å². The summed E-state index contributed by atoms with van der Waals surface area (Å²) in [4.78, 5) is 29.2. The Morgan fingerprint density at radius 2 is 2.07 bits per heavy atom. The highest BCUT2D eigenvalue weighted by Crippen LogP contribution is 2.25. The van der Waals surface area contributed by atoms with E-state index >= 15 is 0 Å². The predicted molar refractivity (Wildman–Crippen MR) is 105 cm³/mol. The number of amides is 1. The molecule has 0 spiro atoms. The average molecular weight is 404 g/mol. The first-order valence-corrected chi connectivity index (χ1v) is 9.18. The van der Waals surface area contributed by atoms with Crippen LogP contribution in [0.2, 0.25) is 10.0 Å². The van der Waals surface area contributed by atoms with Crippen molar-refractivity contribution in [1.82, 2.24) is 9.55 Å². The van der Waals surface area contributed by atoms with Crippen LogP contribution in [0, 0.1) is 0 Å².